The number of pyridine rings is 1. The Bertz CT molecular complexity index is 635. The minimum absolute atomic E-state index is 0.0673. The zero-order valence-electron chi connectivity index (χ0n) is 12.4. The van der Waals surface area contributed by atoms with E-state index in [1.165, 1.54) is 0 Å². The standard InChI is InChI=1S/C16H17Cl2N3O/c1-3-21(4-2)16(22)15-6-5-13(10-19-15)20-14-8-11(17)7-12(18)9-14/h5-10,20H,3-4H2,1-2H3. The second kappa shape index (κ2) is 7.47. The maximum atomic E-state index is 12.2. The quantitative estimate of drug-likeness (QED) is 0.866. The second-order valence-corrected chi connectivity index (χ2v) is 5.57. The van der Waals surface area contributed by atoms with Crippen LogP contribution in [0.3, 0.4) is 0 Å². The fourth-order valence-corrected chi connectivity index (χ4v) is 2.59. The number of hydrogen-bond acceptors (Lipinski definition) is 3. The van der Waals surface area contributed by atoms with Crippen molar-refractivity contribution in [1.82, 2.24) is 9.88 Å². The predicted octanol–water partition coefficient (Wildman–Crippen LogP) is 4.61. The topological polar surface area (TPSA) is 45.2 Å². The van der Waals surface area contributed by atoms with E-state index in [1.807, 2.05) is 13.8 Å². The molecule has 1 heterocycles. The van der Waals surface area contributed by atoms with Gasteiger partial charge in [0.25, 0.3) is 5.91 Å². The summed E-state index contributed by atoms with van der Waals surface area (Å²) in [5.41, 5.74) is 1.95. The Labute approximate surface area is 140 Å². The van der Waals surface area contributed by atoms with Crippen molar-refractivity contribution in [1.29, 1.82) is 0 Å². The third kappa shape index (κ3) is 4.12. The molecule has 0 saturated carbocycles. The van der Waals surface area contributed by atoms with Gasteiger partial charge in [0.15, 0.2) is 0 Å². The summed E-state index contributed by atoms with van der Waals surface area (Å²) < 4.78 is 0. The molecule has 0 aliphatic heterocycles. The number of hydrogen-bond donors (Lipinski definition) is 1. The zero-order valence-corrected chi connectivity index (χ0v) is 13.9. The average Bonchev–Trinajstić information content (AvgIpc) is 2.48. The van der Waals surface area contributed by atoms with Crippen LogP contribution in [0.25, 0.3) is 0 Å². The van der Waals surface area contributed by atoms with E-state index < -0.39 is 0 Å². The molecule has 22 heavy (non-hydrogen) atoms. The Balaban J connectivity index is 2.13. The van der Waals surface area contributed by atoms with Gasteiger partial charge in [0.2, 0.25) is 0 Å². The number of amides is 1. The lowest BCUT2D eigenvalue weighted by molar-refractivity contribution is 0.0767. The number of nitrogens with zero attached hydrogens (tertiary/aromatic N) is 2. The van der Waals surface area contributed by atoms with Gasteiger partial charge in [0.05, 0.1) is 11.9 Å². The molecule has 0 spiro atoms. The smallest absolute Gasteiger partial charge is 0.272 e. The van der Waals surface area contributed by atoms with E-state index in [4.69, 9.17) is 23.2 Å². The first-order chi connectivity index (χ1) is 10.5. The number of halogens is 2. The average molecular weight is 338 g/mol. The fourth-order valence-electron chi connectivity index (χ4n) is 2.06. The molecule has 1 aromatic heterocycles. The van der Waals surface area contributed by atoms with E-state index in [0.717, 1.165) is 11.4 Å². The number of rotatable bonds is 5. The third-order valence-electron chi connectivity index (χ3n) is 3.18. The van der Waals surface area contributed by atoms with Gasteiger partial charge in [-0.05, 0) is 44.2 Å². The van der Waals surface area contributed by atoms with Gasteiger partial charge in [-0.2, -0.15) is 0 Å². The minimum atomic E-state index is -0.0673. The van der Waals surface area contributed by atoms with Gasteiger partial charge in [0, 0.05) is 28.8 Å². The summed E-state index contributed by atoms with van der Waals surface area (Å²) in [5.74, 6) is -0.0673. The van der Waals surface area contributed by atoms with Crippen molar-refractivity contribution >= 4 is 40.5 Å². The van der Waals surface area contributed by atoms with Crippen LogP contribution < -0.4 is 5.32 Å². The maximum Gasteiger partial charge on any atom is 0.272 e. The molecule has 0 bridgehead atoms. The predicted molar refractivity (Wildman–Crippen MR) is 91.2 cm³/mol. The lowest BCUT2D eigenvalue weighted by atomic mass is 10.2. The van der Waals surface area contributed by atoms with Gasteiger partial charge in [-0.1, -0.05) is 23.2 Å². The molecule has 1 amide bonds. The summed E-state index contributed by atoms with van der Waals surface area (Å²) in [6.45, 7) is 5.22. The van der Waals surface area contributed by atoms with Crippen molar-refractivity contribution in [2.45, 2.75) is 13.8 Å². The normalized spacial score (nSPS) is 10.4. The Kier molecular flexibility index (Phi) is 5.63. The number of nitrogens with one attached hydrogen (secondary N) is 1. The van der Waals surface area contributed by atoms with Crippen LogP contribution in [-0.4, -0.2) is 28.9 Å². The number of aromatic nitrogens is 1. The van der Waals surface area contributed by atoms with E-state index in [2.05, 4.69) is 10.3 Å². The van der Waals surface area contributed by atoms with E-state index in [1.54, 1.807) is 41.4 Å². The van der Waals surface area contributed by atoms with Crippen molar-refractivity contribution in [3.8, 4) is 0 Å². The maximum absolute atomic E-state index is 12.2. The molecule has 6 heteroatoms. The summed E-state index contributed by atoms with van der Waals surface area (Å²) in [5, 5.41) is 4.26. The second-order valence-electron chi connectivity index (χ2n) is 4.69. The monoisotopic (exact) mass is 337 g/mol. The van der Waals surface area contributed by atoms with Crippen molar-refractivity contribution in [2.75, 3.05) is 18.4 Å². The minimum Gasteiger partial charge on any atom is -0.354 e. The van der Waals surface area contributed by atoms with Crippen LogP contribution in [0.2, 0.25) is 10.0 Å². The van der Waals surface area contributed by atoms with E-state index in [9.17, 15) is 4.79 Å². The van der Waals surface area contributed by atoms with Crippen LogP contribution in [0.4, 0.5) is 11.4 Å². The molecule has 4 nitrogen and oxygen atoms in total. The highest BCUT2D eigenvalue weighted by Gasteiger charge is 2.13. The first-order valence-corrected chi connectivity index (χ1v) is 7.77. The Morgan fingerprint density at radius 3 is 2.23 bits per heavy atom. The number of carbonyl (C=O) groups excluding carboxylic acids is 1. The summed E-state index contributed by atoms with van der Waals surface area (Å²) in [7, 11) is 0. The van der Waals surface area contributed by atoms with E-state index >= 15 is 0 Å². The van der Waals surface area contributed by atoms with Crippen molar-refractivity contribution < 1.29 is 4.79 Å². The van der Waals surface area contributed by atoms with E-state index in [0.29, 0.717) is 28.8 Å². The largest absolute Gasteiger partial charge is 0.354 e. The zero-order chi connectivity index (χ0) is 16.1. The lowest BCUT2D eigenvalue weighted by Gasteiger charge is -2.18. The van der Waals surface area contributed by atoms with Gasteiger partial charge in [-0.15, -0.1) is 0 Å². The molecule has 1 aromatic carbocycles. The van der Waals surface area contributed by atoms with E-state index in [-0.39, 0.29) is 5.91 Å². The van der Waals surface area contributed by atoms with Crippen molar-refractivity contribution in [3.05, 3.63) is 52.3 Å². The first-order valence-electron chi connectivity index (χ1n) is 7.02. The van der Waals surface area contributed by atoms with Crippen LogP contribution in [0.15, 0.2) is 36.5 Å². The highest BCUT2D eigenvalue weighted by Crippen LogP contribution is 2.25. The molecule has 2 rings (SSSR count). The highest BCUT2D eigenvalue weighted by molar-refractivity contribution is 6.35. The Morgan fingerprint density at radius 2 is 1.73 bits per heavy atom. The third-order valence-corrected chi connectivity index (χ3v) is 3.62. The Morgan fingerprint density at radius 1 is 1.09 bits per heavy atom. The number of carbonyl (C=O) groups is 1. The molecule has 0 unspecified atom stereocenters. The van der Waals surface area contributed by atoms with Gasteiger partial charge in [-0.25, -0.2) is 4.98 Å². The van der Waals surface area contributed by atoms with Crippen LogP contribution >= 0.6 is 23.2 Å². The van der Waals surface area contributed by atoms with Crippen LogP contribution in [0.1, 0.15) is 24.3 Å². The molecule has 0 aliphatic rings. The Hall–Kier alpha value is -1.78. The molecule has 116 valence electrons. The number of anilines is 2. The highest BCUT2D eigenvalue weighted by atomic mass is 35.5. The van der Waals surface area contributed by atoms with Crippen LogP contribution in [0.5, 0.6) is 0 Å². The van der Waals surface area contributed by atoms with Crippen molar-refractivity contribution in [2.24, 2.45) is 0 Å². The van der Waals surface area contributed by atoms with Crippen molar-refractivity contribution in [3.63, 3.8) is 0 Å². The number of benzene rings is 1. The van der Waals surface area contributed by atoms with Gasteiger partial charge >= 0.3 is 0 Å². The molecule has 0 fully saturated rings. The summed E-state index contributed by atoms with van der Waals surface area (Å²) >= 11 is 11.9. The van der Waals surface area contributed by atoms with Gasteiger partial charge in [-0.3, -0.25) is 4.79 Å². The van der Waals surface area contributed by atoms with Crippen LogP contribution in [-0.2, 0) is 0 Å². The summed E-state index contributed by atoms with van der Waals surface area (Å²) in [6.07, 6.45) is 1.62. The summed E-state index contributed by atoms with van der Waals surface area (Å²) in [6, 6.07) is 8.71. The SMILES string of the molecule is CCN(CC)C(=O)c1ccc(Nc2cc(Cl)cc(Cl)c2)cn1. The molecule has 0 saturated heterocycles. The molecule has 0 atom stereocenters. The molecule has 0 radical (unpaired) electrons. The van der Waals surface area contributed by atoms with Gasteiger partial charge < -0.3 is 10.2 Å². The molecule has 1 N–H and O–H groups in total. The molecule has 0 aliphatic carbocycles. The van der Waals surface area contributed by atoms with Gasteiger partial charge in [0.1, 0.15) is 5.69 Å². The van der Waals surface area contributed by atoms with Crippen LogP contribution in [0, 0.1) is 0 Å². The summed E-state index contributed by atoms with van der Waals surface area (Å²) in [4.78, 5) is 18.1. The first kappa shape index (κ1) is 16.6. The lowest BCUT2D eigenvalue weighted by Crippen LogP contribution is -2.31. The molecular weight excluding hydrogens is 321 g/mol. The molecular formula is C16H17Cl2N3O. The molecule has 2 aromatic rings. The fraction of sp³-hybridized carbons (Fsp3) is 0.250.